The Balaban J connectivity index is 2.31. The highest BCUT2D eigenvalue weighted by molar-refractivity contribution is 5.95. The fourth-order valence-corrected chi connectivity index (χ4v) is 3.67. The van der Waals surface area contributed by atoms with E-state index in [4.69, 9.17) is 10.8 Å². The minimum Gasteiger partial charge on any atom is -0.508 e. The van der Waals surface area contributed by atoms with Crippen molar-refractivity contribution in [2.75, 3.05) is 0 Å². The molecular formula is C25H34N6O8. The van der Waals surface area contributed by atoms with Crippen molar-refractivity contribution in [1.29, 1.82) is 0 Å². The van der Waals surface area contributed by atoms with Crippen molar-refractivity contribution in [3.8, 4) is 5.75 Å². The first-order valence-corrected chi connectivity index (χ1v) is 12.3. The van der Waals surface area contributed by atoms with Gasteiger partial charge in [-0.1, -0.05) is 32.4 Å². The number of amides is 3. The molecule has 0 bridgehead atoms. The maximum Gasteiger partial charge on any atom is 0.326 e. The number of imidazole rings is 1. The Labute approximate surface area is 224 Å². The Morgan fingerprint density at radius 1 is 0.949 bits per heavy atom. The van der Waals surface area contributed by atoms with Crippen molar-refractivity contribution in [1.82, 2.24) is 25.9 Å². The molecule has 5 atom stereocenters. The van der Waals surface area contributed by atoms with Crippen molar-refractivity contribution < 1.29 is 39.3 Å². The third-order valence-corrected chi connectivity index (χ3v) is 6.13. The number of rotatable bonds is 15. The molecule has 0 aliphatic heterocycles. The van der Waals surface area contributed by atoms with Crippen LogP contribution in [0, 0.1) is 5.92 Å². The van der Waals surface area contributed by atoms with E-state index in [2.05, 4.69) is 25.9 Å². The third-order valence-electron chi connectivity index (χ3n) is 6.13. The molecule has 14 heteroatoms. The number of carbonyl (C=O) groups is 5. The number of carboxylic acid groups (broad SMARTS) is 2. The summed E-state index contributed by atoms with van der Waals surface area (Å²) in [5.74, 6) is -5.40. The van der Waals surface area contributed by atoms with E-state index < -0.39 is 66.2 Å². The van der Waals surface area contributed by atoms with Crippen LogP contribution in [0.15, 0.2) is 36.8 Å². The summed E-state index contributed by atoms with van der Waals surface area (Å²) in [6, 6.07) is 0.641. The molecule has 0 saturated carbocycles. The molecule has 1 aromatic heterocycles. The van der Waals surface area contributed by atoms with Gasteiger partial charge in [-0.2, -0.15) is 0 Å². The second-order valence-corrected chi connectivity index (χ2v) is 9.19. The van der Waals surface area contributed by atoms with E-state index >= 15 is 0 Å². The molecule has 9 N–H and O–H groups in total. The maximum absolute atomic E-state index is 13.4. The Kier molecular flexibility index (Phi) is 11.4. The molecule has 0 fully saturated rings. The van der Waals surface area contributed by atoms with Crippen LogP contribution in [0.4, 0.5) is 0 Å². The molecule has 14 nitrogen and oxygen atoms in total. The van der Waals surface area contributed by atoms with Crippen LogP contribution in [0.25, 0.3) is 0 Å². The molecule has 0 radical (unpaired) electrons. The predicted octanol–water partition coefficient (Wildman–Crippen LogP) is -0.712. The van der Waals surface area contributed by atoms with Gasteiger partial charge in [-0.25, -0.2) is 9.78 Å². The van der Waals surface area contributed by atoms with Gasteiger partial charge in [0.1, 0.15) is 23.9 Å². The smallest absolute Gasteiger partial charge is 0.326 e. The number of phenolic OH excluding ortho intramolecular Hbond substituents is 1. The number of hydrogen-bond donors (Lipinski definition) is 8. The summed E-state index contributed by atoms with van der Waals surface area (Å²) in [5.41, 5.74) is 6.68. The van der Waals surface area contributed by atoms with Crippen molar-refractivity contribution in [2.24, 2.45) is 11.7 Å². The third kappa shape index (κ3) is 9.74. The van der Waals surface area contributed by atoms with Crippen LogP contribution in [0.5, 0.6) is 5.75 Å². The van der Waals surface area contributed by atoms with Crippen molar-refractivity contribution >= 4 is 29.7 Å². The van der Waals surface area contributed by atoms with Crippen LogP contribution < -0.4 is 21.7 Å². The van der Waals surface area contributed by atoms with Gasteiger partial charge in [-0.3, -0.25) is 19.2 Å². The number of H-pyrrole nitrogens is 1. The van der Waals surface area contributed by atoms with Crippen molar-refractivity contribution in [2.45, 2.75) is 63.7 Å². The summed E-state index contributed by atoms with van der Waals surface area (Å²) in [4.78, 5) is 68.6. The highest BCUT2D eigenvalue weighted by atomic mass is 16.4. The highest BCUT2D eigenvalue weighted by Crippen LogP contribution is 2.13. The van der Waals surface area contributed by atoms with Crippen molar-refractivity contribution in [3.63, 3.8) is 0 Å². The topological polar surface area (TPSA) is 237 Å². The van der Waals surface area contributed by atoms with Gasteiger partial charge < -0.3 is 42.0 Å². The minimum absolute atomic E-state index is 0.0159. The minimum atomic E-state index is -1.44. The summed E-state index contributed by atoms with van der Waals surface area (Å²) in [7, 11) is 0. The maximum atomic E-state index is 13.4. The van der Waals surface area contributed by atoms with Crippen LogP contribution in [-0.2, 0) is 36.8 Å². The van der Waals surface area contributed by atoms with Crippen LogP contribution in [0.3, 0.4) is 0 Å². The molecule has 2 rings (SSSR count). The lowest BCUT2D eigenvalue weighted by Crippen LogP contribution is -2.58. The summed E-state index contributed by atoms with van der Waals surface area (Å²) in [5, 5.41) is 35.6. The zero-order valence-electron chi connectivity index (χ0n) is 21.6. The molecule has 0 saturated heterocycles. The van der Waals surface area contributed by atoms with Crippen LogP contribution >= 0.6 is 0 Å². The van der Waals surface area contributed by atoms with Gasteiger partial charge in [0.2, 0.25) is 17.7 Å². The number of nitrogens with one attached hydrogen (secondary N) is 4. The number of nitrogens with two attached hydrogens (primary N) is 1. The Hall–Kier alpha value is -4.46. The number of hydrogen-bond acceptors (Lipinski definition) is 8. The first kappa shape index (κ1) is 30.8. The van der Waals surface area contributed by atoms with Gasteiger partial charge in [-0.15, -0.1) is 0 Å². The summed E-state index contributed by atoms with van der Waals surface area (Å²) < 4.78 is 0. The number of aromatic nitrogens is 2. The van der Waals surface area contributed by atoms with Crippen LogP contribution in [0.1, 0.15) is 37.9 Å². The first-order chi connectivity index (χ1) is 18.4. The lowest BCUT2D eigenvalue weighted by atomic mass is 9.98. The number of aromatic amines is 1. The van der Waals surface area contributed by atoms with Crippen LogP contribution in [0.2, 0.25) is 0 Å². The fourth-order valence-electron chi connectivity index (χ4n) is 3.67. The van der Waals surface area contributed by atoms with E-state index in [0.29, 0.717) is 17.7 Å². The number of benzene rings is 1. The Morgan fingerprint density at radius 3 is 2.08 bits per heavy atom. The lowest BCUT2D eigenvalue weighted by molar-refractivity contribution is -0.143. The number of nitrogens with zero attached hydrogens (tertiary/aromatic N) is 1. The van der Waals surface area contributed by atoms with E-state index in [9.17, 15) is 34.2 Å². The number of aromatic hydroxyl groups is 1. The number of carbonyl (C=O) groups excluding carboxylic acids is 3. The predicted molar refractivity (Wildman–Crippen MR) is 137 cm³/mol. The molecule has 5 unspecified atom stereocenters. The van der Waals surface area contributed by atoms with E-state index in [1.807, 2.05) is 0 Å². The summed E-state index contributed by atoms with van der Waals surface area (Å²) >= 11 is 0. The van der Waals surface area contributed by atoms with E-state index in [0.717, 1.165) is 0 Å². The van der Waals surface area contributed by atoms with Gasteiger partial charge in [0.15, 0.2) is 0 Å². The zero-order valence-corrected chi connectivity index (χ0v) is 21.6. The number of phenols is 1. The van der Waals surface area contributed by atoms with Gasteiger partial charge in [0.05, 0.1) is 18.8 Å². The molecule has 0 aliphatic carbocycles. The van der Waals surface area contributed by atoms with Crippen LogP contribution in [-0.4, -0.2) is 79.1 Å². The SMILES string of the molecule is CCC(C)C(NC(=O)C(Cc1cnc[nH]1)NC(=O)C(Cc1ccc(O)cc1)NC(=O)C(N)CC(=O)O)C(=O)O. The monoisotopic (exact) mass is 546 g/mol. The van der Waals surface area contributed by atoms with Crippen molar-refractivity contribution in [3.05, 3.63) is 48.0 Å². The summed E-state index contributed by atoms with van der Waals surface area (Å²) in [6.07, 6.45) is 2.48. The molecule has 0 spiro atoms. The van der Waals surface area contributed by atoms with Gasteiger partial charge in [-0.05, 0) is 23.6 Å². The summed E-state index contributed by atoms with van der Waals surface area (Å²) in [6.45, 7) is 3.45. The molecule has 212 valence electrons. The van der Waals surface area contributed by atoms with E-state index in [-0.39, 0.29) is 18.6 Å². The number of carboxylic acids is 2. The van der Waals surface area contributed by atoms with Gasteiger partial charge in [0.25, 0.3) is 0 Å². The standard InChI is InChI=1S/C25H34N6O8/c1-3-13(2)21(25(38)39)31-24(37)19(9-15-11-27-12-28-15)30-23(36)18(8-14-4-6-16(32)7-5-14)29-22(35)17(26)10-20(33)34/h4-7,11-13,17-19,21,32H,3,8-10,26H2,1-2H3,(H,27,28)(H,29,35)(H,30,36)(H,31,37)(H,33,34)(H,38,39). The molecule has 1 heterocycles. The van der Waals surface area contributed by atoms with Gasteiger partial charge in [0, 0.05) is 24.7 Å². The van der Waals surface area contributed by atoms with E-state index in [1.165, 1.54) is 36.8 Å². The molecule has 1 aromatic carbocycles. The molecule has 2 aromatic rings. The average molecular weight is 547 g/mol. The average Bonchev–Trinajstić information content (AvgIpc) is 3.39. The fraction of sp³-hybridized carbons (Fsp3) is 0.440. The molecule has 0 aliphatic rings. The molecule has 39 heavy (non-hydrogen) atoms. The van der Waals surface area contributed by atoms with E-state index in [1.54, 1.807) is 13.8 Å². The Morgan fingerprint density at radius 2 is 1.54 bits per heavy atom. The Bertz CT molecular complexity index is 1140. The normalized spacial score (nSPS) is 14.7. The quantitative estimate of drug-likeness (QED) is 0.140. The lowest BCUT2D eigenvalue weighted by Gasteiger charge is -2.26. The molecular weight excluding hydrogens is 512 g/mol. The second kappa shape index (κ2) is 14.5. The zero-order chi connectivity index (χ0) is 29.1. The highest BCUT2D eigenvalue weighted by Gasteiger charge is 2.32. The van der Waals surface area contributed by atoms with Gasteiger partial charge >= 0.3 is 11.9 Å². The largest absolute Gasteiger partial charge is 0.508 e. The first-order valence-electron chi connectivity index (χ1n) is 12.3. The number of aliphatic carboxylic acids is 2. The second-order valence-electron chi connectivity index (χ2n) is 9.19. The molecule has 3 amide bonds.